The molecule has 146 valence electrons. The molecule has 1 aromatic rings. The number of nitrogens with zero attached hydrogens (tertiary/aromatic N) is 2. The third-order valence-corrected chi connectivity index (χ3v) is 6.91. The number of ether oxygens (including phenoxy) is 1. The lowest BCUT2D eigenvalue weighted by molar-refractivity contribution is -0.144. The van der Waals surface area contributed by atoms with Crippen LogP contribution in [0.25, 0.3) is 0 Å². The van der Waals surface area contributed by atoms with E-state index in [0.717, 1.165) is 51.7 Å². The molecule has 2 saturated heterocycles. The Labute approximate surface area is 161 Å². The Kier molecular flexibility index (Phi) is 4.97. The fourth-order valence-corrected chi connectivity index (χ4v) is 4.91. The Morgan fingerprint density at radius 2 is 1.78 bits per heavy atom. The number of carbonyl (C=O) groups is 2. The van der Waals surface area contributed by atoms with E-state index in [2.05, 4.69) is 17.0 Å². The lowest BCUT2D eigenvalue weighted by Crippen LogP contribution is -2.54. The van der Waals surface area contributed by atoms with Crippen molar-refractivity contribution in [2.75, 3.05) is 39.9 Å². The van der Waals surface area contributed by atoms with Crippen molar-refractivity contribution in [3.8, 4) is 0 Å². The molecule has 3 fully saturated rings. The van der Waals surface area contributed by atoms with E-state index in [-0.39, 0.29) is 16.7 Å². The molecule has 5 heteroatoms. The van der Waals surface area contributed by atoms with Gasteiger partial charge in [-0.25, -0.2) is 0 Å². The van der Waals surface area contributed by atoms with Gasteiger partial charge in [0, 0.05) is 39.7 Å². The van der Waals surface area contributed by atoms with Crippen molar-refractivity contribution in [1.29, 1.82) is 0 Å². The molecule has 1 aliphatic carbocycles. The average molecular weight is 370 g/mol. The molecule has 0 N–H and O–H groups in total. The van der Waals surface area contributed by atoms with Gasteiger partial charge in [0.25, 0.3) is 0 Å². The smallest absolute Gasteiger partial charge is 0.233 e. The van der Waals surface area contributed by atoms with Crippen molar-refractivity contribution in [2.24, 2.45) is 5.41 Å². The Morgan fingerprint density at radius 3 is 2.41 bits per heavy atom. The molecule has 0 bridgehead atoms. The Bertz CT molecular complexity index is 691. The highest BCUT2D eigenvalue weighted by molar-refractivity contribution is 5.91. The van der Waals surface area contributed by atoms with Gasteiger partial charge in [0.1, 0.15) is 0 Å². The third kappa shape index (κ3) is 3.49. The van der Waals surface area contributed by atoms with Crippen LogP contribution < -0.4 is 0 Å². The first-order valence-corrected chi connectivity index (χ1v) is 10.2. The van der Waals surface area contributed by atoms with Crippen LogP contribution in [-0.2, 0) is 19.7 Å². The normalized spacial score (nSPS) is 23.5. The second-order valence-electron chi connectivity index (χ2n) is 8.55. The number of hydrogen-bond donors (Lipinski definition) is 0. The molecule has 1 spiro atoms. The van der Waals surface area contributed by atoms with E-state index in [1.165, 1.54) is 5.56 Å². The monoisotopic (exact) mass is 370 g/mol. The maximum absolute atomic E-state index is 13.3. The largest absolute Gasteiger partial charge is 0.383 e. The molecule has 2 heterocycles. The van der Waals surface area contributed by atoms with E-state index in [4.69, 9.17) is 4.74 Å². The van der Waals surface area contributed by atoms with Gasteiger partial charge in [-0.2, -0.15) is 0 Å². The fourth-order valence-electron chi connectivity index (χ4n) is 4.91. The molecule has 5 nitrogen and oxygen atoms in total. The molecule has 1 aromatic carbocycles. The van der Waals surface area contributed by atoms with Crippen molar-refractivity contribution >= 4 is 11.8 Å². The predicted molar refractivity (Wildman–Crippen MR) is 103 cm³/mol. The van der Waals surface area contributed by atoms with E-state index in [0.29, 0.717) is 25.5 Å². The van der Waals surface area contributed by atoms with Crippen LogP contribution in [0.15, 0.2) is 30.3 Å². The van der Waals surface area contributed by atoms with E-state index in [9.17, 15) is 9.59 Å². The lowest BCUT2D eigenvalue weighted by Gasteiger charge is -2.48. The van der Waals surface area contributed by atoms with Crippen molar-refractivity contribution in [3.63, 3.8) is 0 Å². The maximum Gasteiger partial charge on any atom is 0.233 e. The number of amides is 2. The van der Waals surface area contributed by atoms with Gasteiger partial charge in [-0.3, -0.25) is 9.59 Å². The number of methoxy groups -OCH3 is 1. The van der Waals surface area contributed by atoms with Gasteiger partial charge in [-0.15, -0.1) is 0 Å². The summed E-state index contributed by atoms with van der Waals surface area (Å²) in [6, 6.07) is 10.3. The van der Waals surface area contributed by atoms with Crippen molar-refractivity contribution < 1.29 is 14.3 Å². The SMILES string of the molecule is COCCN1CC2(CCC1=O)CCN(C(=O)C1(c3ccccc3)CC1)CC2. The standard InChI is InChI=1S/C22H30N2O3/c1-27-16-15-24-17-21(8-7-19(24)25)11-13-23(14-12-21)20(26)22(9-10-22)18-5-3-2-4-6-18/h2-6H,7-17H2,1H3. The van der Waals surface area contributed by atoms with Gasteiger partial charge in [0.05, 0.1) is 12.0 Å². The van der Waals surface area contributed by atoms with Crippen LogP contribution in [-0.4, -0.2) is 61.5 Å². The van der Waals surface area contributed by atoms with Gasteiger partial charge >= 0.3 is 0 Å². The summed E-state index contributed by atoms with van der Waals surface area (Å²) >= 11 is 0. The summed E-state index contributed by atoms with van der Waals surface area (Å²) in [6.45, 7) is 3.73. The molecule has 27 heavy (non-hydrogen) atoms. The lowest BCUT2D eigenvalue weighted by atomic mass is 9.72. The molecule has 0 aromatic heterocycles. The first-order valence-electron chi connectivity index (χ1n) is 10.2. The zero-order valence-electron chi connectivity index (χ0n) is 16.3. The maximum atomic E-state index is 13.3. The average Bonchev–Trinajstić information content (AvgIpc) is 3.52. The number of benzene rings is 1. The van der Waals surface area contributed by atoms with Crippen LogP contribution in [0, 0.1) is 5.41 Å². The number of hydrogen-bond acceptors (Lipinski definition) is 3. The molecule has 2 amide bonds. The molecule has 1 saturated carbocycles. The number of carbonyl (C=O) groups excluding carboxylic acids is 2. The van der Waals surface area contributed by atoms with Gasteiger partial charge in [-0.1, -0.05) is 30.3 Å². The van der Waals surface area contributed by atoms with E-state index >= 15 is 0 Å². The summed E-state index contributed by atoms with van der Waals surface area (Å²) in [7, 11) is 1.68. The molecule has 2 aliphatic heterocycles. The van der Waals surface area contributed by atoms with Gasteiger partial charge in [0.2, 0.25) is 11.8 Å². The Hall–Kier alpha value is -1.88. The summed E-state index contributed by atoms with van der Waals surface area (Å²) in [5.74, 6) is 0.559. The van der Waals surface area contributed by atoms with E-state index in [1.807, 2.05) is 23.1 Å². The van der Waals surface area contributed by atoms with Crippen LogP contribution in [0.1, 0.15) is 44.1 Å². The van der Waals surface area contributed by atoms with Crippen LogP contribution in [0.2, 0.25) is 0 Å². The highest BCUT2D eigenvalue weighted by Crippen LogP contribution is 2.50. The predicted octanol–water partition coefficient (Wildman–Crippen LogP) is 2.60. The van der Waals surface area contributed by atoms with Crippen molar-refractivity contribution in [2.45, 2.75) is 43.9 Å². The van der Waals surface area contributed by atoms with E-state index in [1.54, 1.807) is 7.11 Å². The van der Waals surface area contributed by atoms with Gasteiger partial charge in [-0.05, 0) is 43.1 Å². The van der Waals surface area contributed by atoms with Gasteiger partial charge in [0.15, 0.2) is 0 Å². The Balaban J connectivity index is 1.39. The minimum Gasteiger partial charge on any atom is -0.383 e. The third-order valence-electron chi connectivity index (χ3n) is 6.91. The first-order chi connectivity index (χ1) is 13.1. The summed E-state index contributed by atoms with van der Waals surface area (Å²) < 4.78 is 5.16. The zero-order chi connectivity index (χ0) is 18.9. The highest BCUT2D eigenvalue weighted by Gasteiger charge is 2.54. The summed E-state index contributed by atoms with van der Waals surface area (Å²) in [4.78, 5) is 29.5. The molecule has 0 atom stereocenters. The minimum atomic E-state index is -0.265. The number of piperidine rings is 2. The molecule has 0 unspecified atom stereocenters. The van der Waals surface area contributed by atoms with Crippen LogP contribution in [0.4, 0.5) is 0 Å². The van der Waals surface area contributed by atoms with Crippen LogP contribution in [0.5, 0.6) is 0 Å². The van der Waals surface area contributed by atoms with Gasteiger partial charge < -0.3 is 14.5 Å². The quantitative estimate of drug-likeness (QED) is 0.801. The molecular formula is C22H30N2O3. The summed E-state index contributed by atoms with van der Waals surface area (Å²) in [5.41, 5.74) is 1.09. The molecule has 3 aliphatic rings. The topological polar surface area (TPSA) is 49.9 Å². The second kappa shape index (κ2) is 7.27. The zero-order valence-corrected chi connectivity index (χ0v) is 16.3. The molecule has 4 rings (SSSR count). The number of rotatable bonds is 5. The second-order valence-corrected chi connectivity index (χ2v) is 8.55. The van der Waals surface area contributed by atoms with Crippen LogP contribution >= 0.6 is 0 Å². The summed E-state index contributed by atoms with van der Waals surface area (Å²) in [5, 5.41) is 0. The number of likely N-dealkylation sites (tertiary alicyclic amines) is 2. The summed E-state index contributed by atoms with van der Waals surface area (Å²) in [6.07, 6.45) is 5.53. The van der Waals surface area contributed by atoms with E-state index < -0.39 is 0 Å². The van der Waals surface area contributed by atoms with Crippen LogP contribution in [0.3, 0.4) is 0 Å². The minimum absolute atomic E-state index is 0.182. The highest BCUT2D eigenvalue weighted by atomic mass is 16.5. The Morgan fingerprint density at radius 1 is 1.07 bits per heavy atom. The van der Waals surface area contributed by atoms with Crippen molar-refractivity contribution in [1.82, 2.24) is 9.80 Å². The fraction of sp³-hybridized carbons (Fsp3) is 0.636. The van der Waals surface area contributed by atoms with Crippen molar-refractivity contribution in [3.05, 3.63) is 35.9 Å². The molecular weight excluding hydrogens is 340 g/mol. The first kappa shape index (κ1) is 18.5. The molecule has 0 radical (unpaired) electrons.